The number of carbonyl (C=O) groups excluding carboxylic acids is 1. The van der Waals surface area contributed by atoms with E-state index in [1.165, 1.54) is 18.3 Å². The van der Waals surface area contributed by atoms with Gasteiger partial charge in [-0.25, -0.2) is 4.39 Å². The van der Waals surface area contributed by atoms with Crippen LogP contribution in [0.4, 0.5) is 21.5 Å². The summed E-state index contributed by atoms with van der Waals surface area (Å²) in [6.45, 7) is 3.95. The van der Waals surface area contributed by atoms with Crippen LogP contribution in [0.3, 0.4) is 0 Å². The molecule has 3 aromatic rings. The largest absolute Gasteiger partial charge is 0.354 e. The van der Waals surface area contributed by atoms with Crippen molar-refractivity contribution in [3.05, 3.63) is 82.4 Å². The van der Waals surface area contributed by atoms with Gasteiger partial charge < -0.3 is 10.6 Å². The Morgan fingerprint density at radius 1 is 1.08 bits per heavy atom. The van der Waals surface area contributed by atoms with E-state index < -0.39 is 5.82 Å². The molecule has 0 bridgehead atoms. The zero-order valence-electron chi connectivity index (χ0n) is 14.3. The van der Waals surface area contributed by atoms with Crippen molar-refractivity contribution < 1.29 is 9.18 Å². The minimum atomic E-state index is -0.489. The van der Waals surface area contributed by atoms with E-state index in [1.807, 2.05) is 32.0 Å². The van der Waals surface area contributed by atoms with Crippen molar-refractivity contribution in [2.24, 2.45) is 0 Å². The van der Waals surface area contributed by atoms with Gasteiger partial charge in [-0.2, -0.15) is 0 Å². The predicted octanol–water partition coefficient (Wildman–Crippen LogP) is 5.49. The van der Waals surface area contributed by atoms with Gasteiger partial charge in [0.2, 0.25) is 0 Å². The number of hydrogen-bond donors (Lipinski definition) is 2. The number of aromatic nitrogens is 1. The van der Waals surface area contributed by atoms with Crippen LogP contribution in [0, 0.1) is 19.7 Å². The SMILES string of the molecule is Cc1cccc(NC(=O)c2cncc(Nc3ccc(F)c(Cl)c3)c2)c1C. The van der Waals surface area contributed by atoms with Gasteiger partial charge in [0, 0.05) is 17.6 Å². The highest BCUT2D eigenvalue weighted by Gasteiger charge is 2.10. The van der Waals surface area contributed by atoms with E-state index >= 15 is 0 Å². The molecule has 0 radical (unpaired) electrons. The summed E-state index contributed by atoms with van der Waals surface area (Å²) < 4.78 is 13.3. The molecule has 0 atom stereocenters. The molecule has 0 saturated carbocycles. The molecule has 132 valence electrons. The Morgan fingerprint density at radius 3 is 2.65 bits per heavy atom. The molecular formula is C20H17ClFN3O. The molecule has 0 aliphatic heterocycles. The molecule has 0 aliphatic carbocycles. The first-order chi connectivity index (χ1) is 12.4. The molecule has 2 aromatic carbocycles. The van der Waals surface area contributed by atoms with Crippen molar-refractivity contribution in [3.63, 3.8) is 0 Å². The fourth-order valence-electron chi connectivity index (χ4n) is 2.45. The number of carbonyl (C=O) groups is 1. The van der Waals surface area contributed by atoms with Gasteiger partial charge in [-0.1, -0.05) is 23.7 Å². The topological polar surface area (TPSA) is 54.0 Å². The average Bonchev–Trinajstić information content (AvgIpc) is 2.62. The van der Waals surface area contributed by atoms with Crippen LogP contribution in [0.2, 0.25) is 5.02 Å². The second-order valence-electron chi connectivity index (χ2n) is 5.92. The number of rotatable bonds is 4. The van der Waals surface area contributed by atoms with Crippen molar-refractivity contribution in [1.29, 1.82) is 0 Å². The summed E-state index contributed by atoms with van der Waals surface area (Å²) in [5.74, 6) is -0.746. The Balaban J connectivity index is 1.79. The fourth-order valence-corrected chi connectivity index (χ4v) is 2.63. The van der Waals surface area contributed by atoms with Crippen LogP contribution in [-0.4, -0.2) is 10.9 Å². The maximum Gasteiger partial charge on any atom is 0.257 e. The maximum atomic E-state index is 13.3. The molecule has 6 heteroatoms. The molecule has 1 amide bonds. The van der Waals surface area contributed by atoms with Crippen LogP contribution in [0.5, 0.6) is 0 Å². The number of anilines is 3. The van der Waals surface area contributed by atoms with E-state index in [0.29, 0.717) is 16.9 Å². The molecule has 0 spiro atoms. The molecule has 0 aliphatic rings. The highest BCUT2D eigenvalue weighted by molar-refractivity contribution is 6.31. The monoisotopic (exact) mass is 369 g/mol. The Hall–Kier alpha value is -2.92. The first-order valence-corrected chi connectivity index (χ1v) is 8.36. The molecular weight excluding hydrogens is 353 g/mol. The van der Waals surface area contributed by atoms with E-state index in [0.717, 1.165) is 16.8 Å². The van der Waals surface area contributed by atoms with Gasteiger partial charge in [0.05, 0.1) is 22.5 Å². The number of aryl methyl sites for hydroxylation is 1. The zero-order chi connectivity index (χ0) is 18.7. The maximum absolute atomic E-state index is 13.3. The van der Waals surface area contributed by atoms with Crippen LogP contribution in [0.1, 0.15) is 21.5 Å². The van der Waals surface area contributed by atoms with Gasteiger partial charge in [-0.15, -0.1) is 0 Å². The van der Waals surface area contributed by atoms with Gasteiger partial charge in [-0.05, 0) is 55.3 Å². The van der Waals surface area contributed by atoms with Crippen LogP contribution >= 0.6 is 11.6 Å². The van der Waals surface area contributed by atoms with Crippen LogP contribution in [-0.2, 0) is 0 Å². The quantitative estimate of drug-likeness (QED) is 0.639. The predicted molar refractivity (Wildman–Crippen MR) is 103 cm³/mol. The molecule has 4 nitrogen and oxygen atoms in total. The second-order valence-corrected chi connectivity index (χ2v) is 6.32. The summed E-state index contributed by atoms with van der Waals surface area (Å²) in [5, 5.41) is 5.98. The van der Waals surface area contributed by atoms with Crippen LogP contribution in [0.15, 0.2) is 54.9 Å². The van der Waals surface area contributed by atoms with E-state index in [9.17, 15) is 9.18 Å². The van der Waals surface area contributed by atoms with E-state index in [4.69, 9.17) is 11.6 Å². The van der Waals surface area contributed by atoms with Crippen LogP contribution < -0.4 is 10.6 Å². The summed E-state index contributed by atoms with van der Waals surface area (Å²) in [5.41, 5.74) is 4.49. The Kier molecular flexibility index (Phi) is 5.19. The molecule has 1 aromatic heterocycles. The molecule has 2 N–H and O–H groups in total. The van der Waals surface area contributed by atoms with E-state index in [-0.39, 0.29) is 10.9 Å². The molecule has 1 heterocycles. The zero-order valence-corrected chi connectivity index (χ0v) is 15.1. The van der Waals surface area contributed by atoms with Crippen molar-refractivity contribution >= 4 is 34.6 Å². The number of hydrogen-bond acceptors (Lipinski definition) is 3. The fraction of sp³-hybridized carbons (Fsp3) is 0.100. The van der Waals surface area contributed by atoms with Crippen molar-refractivity contribution in [2.45, 2.75) is 13.8 Å². The minimum Gasteiger partial charge on any atom is -0.354 e. The molecule has 26 heavy (non-hydrogen) atoms. The summed E-state index contributed by atoms with van der Waals surface area (Å²) in [4.78, 5) is 16.6. The average molecular weight is 370 g/mol. The normalized spacial score (nSPS) is 10.5. The second kappa shape index (κ2) is 7.54. The van der Waals surface area contributed by atoms with E-state index in [1.54, 1.807) is 18.3 Å². The van der Waals surface area contributed by atoms with Crippen LogP contribution in [0.25, 0.3) is 0 Å². The summed E-state index contributed by atoms with van der Waals surface area (Å²) >= 11 is 5.78. The number of halogens is 2. The molecule has 0 fully saturated rings. The highest BCUT2D eigenvalue weighted by atomic mass is 35.5. The van der Waals surface area contributed by atoms with E-state index in [2.05, 4.69) is 15.6 Å². The number of pyridine rings is 1. The molecule has 0 unspecified atom stereocenters. The number of benzene rings is 2. The summed E-state index contributed by atoms with van der Waals surface area (Å²) in [6, 6.07) is 11.7. The van der Waals surface area contributed by atoms with Crippen molar-refractivity contribution in [1.82, 2.24) is 4.98 Å². The first kappa shape index (κ1) is 17.9. The Morgan fingerprint density at radius 2 is 1.88 bits per heavy atom. The molecule has 0 saturated heterocycles. The lowest BCUT2D eigenvalue weighted by molar-refractivity contribution is 0.102. The number of nitrogens with one attached hydrogen (secondary N) is 2. The van der Waals surface area contributed by atoms with Gasteiger partial charge in [0.1, 0.15) is 5.82 Å². The van der Waals surface area contributed by atoms with Gasteiger partial charge in [-0.3, -0.25) is 9.78 Å². The van der Waals surface area contributed by atoms with Gasteiger partial charge >= 0.3 is 0 Å². The van der Waals surface area contributed by atoms with Crippen molar-refractivity contribution in [3.8, 4) is 0 Å². The Bertz CT molecular complexity index is 975. The molecule has 3 rings (SSSR count). The van der Waals surface area contributed by atoms with Gasteiger partial charge in [0.25, 0.3) is 5.91 Å². The number of amides is 1. The smallest absolute Gasteiger partial charge is 0.257 e. The third-order valence-corrected chi connectivity index (χ3v) is 4.35. The lowest BCUT2D eigenvalue weighted by atomic mass is 10.1. The third kappa shape index (κ3) is 4.00. The number of nitrogens with zero attached hydrogens (tertiary/aromatic N) is 1. The lowest BCUT2D eigenvalue weighted by Crippen LogP contribution is -2.13. The highest BCUT2D eigenvalue weighted by Crippen LogP contribution is 2.23. The van der Waals surface area contributed by atoms with Crippen molar-refractivity contribution in [2.75, 3.05) is 10.6 Å². The summed E-state index contributed by atoms with van der Waals surface area (Å²) in [6.07, 6.45) is 3.06. The first-order valence-electron chi connectivity index (χ1n) is 7.99. The lowest BCUT2D eigenvalue weighted by Gasteiger charge is -2.11. The van der Waals surface area contributed by atoms with Gasteiger partial charge in [0.15, 0.2) is 0 Å². The Labute approximate surface area is 156 Å². The third-order valence-electron chi connectivity index (χ3n) is 4.06. The minimum absolute atomic E-state index is 0.0202. The standard InChI is InChI=1S/C20H17ClFN3O/c1-12-4-3-5-19(13(12)2)25-20(26)14-8-16(11-23-10-14)24-15-6-7-18(22)17(21)9-15/h3-11,24H,1-2H3,(H,25,26). The summed E-state index contributed by atoms with van der Waals surface area (Å²) in [7, 11) is 0.